The monoisotopic (exact) mass is 346 g/mol. The van der Waals surface area contributed by atoms with E-state index in [2.05, 4.69) is 35.1 Å². The Hall–Kier alpha value is -1.46. The molecule has 1 atom stereocenters. The molecule has 0 spiro atoms. The van der Waals surface area contributed by atoms with Crippen molar-refractivity contribution in [2.45, 2.75) is 19.5 Å². The topological polar surface area (TPSA) is 34.1 Å². The molecule has 0 amide bonds. The Morgan fingerprint density at radius 1 is 1.30 bits per heavy atom. The Morgan fingerprint density at radius 2 is 2.17 bits per heavy atom. The lowest BCUT2D eigenvalue weighted by Crippen LogP contribution is -2.29. The number of hydrogen-bond donors (Lipinski definition) is 1. The Balaban J connectivity index is 1.99. The van der Waals surface area contributed by atoms with Crippen LogP contribution >= 0.6 is 22.9 Å². The van der Waals surface area contributed by atoms with Crippen LogP contribution in [0.3, 0.4) is 0 Å². The minimum atomic E-state index is 0.288. The number of pyridine rings is 1. The molecule has 1 unspecified atom stereocenters. The molecule has 2 heterocycles. The number of ether oxygens (including phenoxy) is 1. The highest BCUT2D eigenvalue weighted by Gasteiger charge is 2.11. The number of aromatic nitrogens is 1. The molecule has 5 heteroatoms. The second kappa shape index (κ2) is 7.41. The zero-order chi connectivity index (χ0) is 16.2. The summed E-state index contributed by atoms with van der Waals surface area (Å²) in [7, 11) is 1.72. The number of rotatable bonds is 6. The van der Waals surface area contributed by atoms with E-state index < -0.39 is 0 Å². The van der Waals surface area contributed by atoms with E-state index in [1.165, 1.54) is 5.56 Å². The van der Waals surface area contributed by atoms with E-state index in [0.29, 0.717) is 11.6 Å². The minimum Gasteiger partial charge on any atom is -0.383 e. The van der Waals surface area contributed by atoms with Gasteiger partial charge < -0.3 is 10.1 Å². The number of nitrogens with one attached hydrogen (secondary N) is 1. The fourth-order valence-electron chi connectivity index (χ4n) is 2.56. The van der Waals surface area contributed by atoms with Crippen LogP contribution in [0.1, 0.15) is 12.5 Å². The molecule has 120 valence electrons. The first kappa shape index (κ1) is 16.4. The molecule has 0 bridgehead atoms. The van der Waals surface area contributed by atoms with Crippen molar-refractivity contribution in [1.29, 1.82) is 0 Å². The first-order valence-electron chi connectivity index (χ1n) is 7.51. The lowest BCUT2D eigenvalue weighted by molar-refractivity contribution is 0.171. The van der Waals surface area contributed by atoms with Crippen LogP contribution in [0.2, 0.25) is 5.02 Å². The van der Waals surface area contributed by atoms with Gasteiger partial charge >= 0.3 is 0 Å². The van der Waals surface area contributed by atoms with Crippen molar-refractivity contribution in [3.8, 4) is 11.3 Å². The Bertz CT molecular complexity index is 789. The standard InChI is InChI=1S/C18H19ClN2OS/c1-12(10-22-2)20-9-15-7-13-3-4-16(19)8-17(13)21-18(15)14-5-6-23-11-14/h3-8,11-12,20H,9-10H2,1-2H3. The van der Waals surface area contributed by atoms with Gasteiger partial charge in [-0.1, -0.05) is 17.7 Å². The SMILES string of the molecule is COCC(C)NCc1cc2ccc(Cl)cc2nc1-c1ccsc1. The highest BCUT2D eigenvalue weighted by molar-refractivity contribution is 7.08. The Morgan fingerprint density at radius 3 is 2.91 bits per heavy atom. The third-order valence-electron chi connectivity index (χ3n) is 3.71. The molecular weight excluding hydrogens is 328 g/mol. The second-order valence-electron chi connectivity index (χ2n) is 5.58. The largest absolute Gasteiger partial charge is 0.383 e. The zero-order valence-corrected chi connectivity index (χ0v) is 14.7. The van der Waals surface area contributed by atoms with Crippen LogP contribution in [0.4, 0.5) is 0 Å². The summed E-state index contributed by atoms with van der Waals surface area (Å²) < 4.78 is 5.19. The molecule has 0 saturated carbocycles. The third kappa shape index (κ3) is 3.90. The number of methoxy groups -OCH3 is 1. The summed E-state index contributed by atoms with van der Waals surface area (Å²) in [5.41, 5.74) is 4.26. The number of thiophene rings is 1. The molecule has 3 aromatic rings. The fourth-order valence-corrected chi connectivity index (χ4v) is 3.37. The molecule has 0 aliphatic rings. The van der Waals surface area contributed by atoms with Crippen LogP contribution in [-0.2, 0) is 11.3 Å². The van der Waals surface area contributed by atoms with E-state index in [1.54, 1.807) is 18.4 Å². The molecule has 3 rings (SSSR count). The van der Waals surface area contributed by atoms with Gasteiger partial charge in [0.15, 0.2) is 0 Å². The predicted molar refractivity (Wildman–Crippen MR) is 98.2 cm³/mol. The average molecular weight is 347 g/mol. The van der Waals surface area contributed by atoms with Gasteiger partial charge in [0.05, 0.1) is 17.8 Å². The summed E-state index contributed by atoms with van der Waals surface area (Å²) in [5.74, 6) is 0. The Kier molecular flexibility index (Phi) is 5.28. The maximum absolute atomic E-state index is 6.11. The summed E-state index contributed by atoms with van der Waals surface area (Å²) >= 11 is 7.79. The number of fused-ring (bicyclic) bond motifs is 1. The van der Waals surface area contributed by atoms with Gasteiger partial charge in [-0.25, -0.2) is 4.98 Å². The van der Waals surface area contributed by atoms with Gasteiger partial charge in [0.1, 0.15) is 0 Å². The van der Waals surface area contributed by atoms with Gasteiger partial charge in [-0.05, 0) is 42.1 Å². The normalized spacial score (nSPS) is 12.7. The number of halogens is 1. The minimum absolute atomic E-state index is 0.288. The maximum Gasteiger partial charge on any atom is 0.0763 e. The van der Waals surface area contributed by atoms with Gasteiger partial charge in [-0.3, -0.25) is 0 Å². The van der Waals surface area contributed by atoms with Crippen molar-refractivity contribution in [3.05, 3.63) is 51.7 Å². The number of hydrogen-bond acceptors (Lipinski definition) is 4. The summed E-state index contributed by atoms with van der Waals surface area (Å²) in [6.45, 7) is 3.55. The molecule has 0 fully saturated rings. The van der Waals surface area contributed by atoms with Crippen LogP contribution < -0.4 is 5.32 Å². The van der Waals surface area contributed by atoms with Crippen molar-refractivity contribution in [3.63, 3.8) is 0 Å². The van der Waals surface area contributed by atoms with E-state index in [4.69, 9.17) is 21.3 Å². The van der Waals surface area contributed by atoms with Crippen LogP contribution in [0.25, 0.3) is 22.2 Å². The van der Waals surface area contributed by atoms with E-state index >= 15 is 0 Å². The van der Waals surface area contributed by atoms with E-state index in [9.17, 15) is 0 Å². The summed E-state index contributed by atoms with van der Waals surface area (Å²) in [6.07, 6.45) is 0. The average Bonchev–Trinajstić information content (AvgIpc) is 3.06. The van der Waals surface area contributed by atoms with E-state index in [0.717, 1.165) is 28.7 Å². The summed E-state index contributed by atoms with van der Waals surface area (Å²) in [5, 5.41) is 9.50. The van der Waals surface area contributed by atoms with Crippen molar-refractivity contribution < 1.29 is 4.74 Å². The second-order valence-corrected chi connectivity index (χ2v) is 6.80. The van der Waals surface area contributed by atoms with Gasteiger partial charge in [0, 0.05) is 41.0 Å². The molecule has 0 radical (unpaired) electrons. The van der Waals surface area contributed by atoms with Crippen LogP contribution in [0.5, 0.6) is 0 Å². The molecule has 0 aliphatic heterocycles. The first-order chi connectivity index (χ1) is 11.2. The molecule has 0 aliphatic carbocycles. The highest BCUT2D eigenvalue weighted by atomic mass is 35.5. The quantitative estimate of drug-likeness (QED) is 0.700. The van der Waals surface area contributed by atoms with Crippen LogP contribution in [0.15, 0.2) is 41.1 Å². The molecule has 0 saturated heterocycles. The van der Waals surface area contributed by atoms with Crippen LogP contribution in [0, 0.1) is 0 Å². The third-order valence-corrected chi connectivity index (χ3v) is 4.63. The van der Waals surface area contributed by atoms with Crippen molar-refractivity contribution in [2.24, 2.45) is 0 Å². The summed E-state index contributed by atoms with van der Waals surface area (Å²) in [6, 6.07) is 10.4. The van der Waals surface area contributed by atoms with E-state index in [1.807, 2.05) is 18.2 Å². The number of nitrogens with zero attached hydrogens (tertiary/aromatic N) is 1. The van der Waals surface area contributed by atoms with Gasteiger partial charge in [-0.15, -0.1) is 0 Å². The van der Waals surface area contributed by atoms with Gasteiger partial charge in [0.2, 0.25) is 0 Å². The summed E-state index contributed by atoms with van der Waals surface area (Å²) in [4.78, 5) is 4.85. The van der Waals surface area contributed by atoms with E-state index in [-0.39, 0.29) is 6.04 Å². The fraction of sp³-hybridized carbons (Fsp3) is 0.278. The zero-order valence-electron chi connectivity index (χ0n) is 13.2. The highest BCUT2D eigenvalue weighted by Crippen LogP contribution is 2.28. The lowest BCUT2D eigenvalue weighted by Gasteiger charge is -2.15. The van der Waals surface area contributed by atoms with Crippen molar-refractivity contribution in [1.82, 2.24) is 10.3 Å². The van der Waals surface area contributed by atoms with Crippen molar-refractivity contribution in [2.75, 3.05) is 13.7 Å². The van der Waals surface area contributed by atoms with Gasteiger partial charge in [-0.2, -0.15) is 11.3 Å². The van der Waals surface area contributed by atoms with Crippen molar-refractivity contribution >= 4 is 33.8 Å². The molecule has 3 nitrogen and oxygen atoms in total. The predicted octanol–water partition coefficient (Wildman–Crippen LogP) is 4.74. The molecule has 1 aromatic carbocycles. The smallest absolute Gasteiger partial charge is 0.0763 e. The lowest BCUT2D eigenvalue weighted by atomic mass is 10.0. The van der Waals surface area contributed by atoms with Gasteiger partial charge in [0.25, 0.3) is 0 Å². The Labute approximate surface area is 145 Å². The number of benzene rings is 1. The first-order valence-corrected chi connectivity index (χ1v) is 8.83. The molecule has 1 N–H and O–H groups in total. The molecule has 23 heavy (non-hydrogen) atoms. The van der Waals surface area contributed by atoms with Crippen LogP contribution in [-0.4, -0.2) is 24.7 Å². The maximum atomic E-state index is 6.11. The molecular formula is C18H19ClN2OS. The molecule has 2 aromatic heterocycles.